The summed E-state index contributed by atoms with van der Waals surface area (Å²) < 4.78 is 26.7. The maximum absolute atomic E-state index is 12.3. The molecule has 0 radical (unpaired) electrons. The van der Waals surface area contributed by atoms with E-state index in [4.69, 9.17) is 0 Å². The molecule has 0 atom stereocenters. The molecule has 1 aliphatic carbocycles. The van der Waals surface area contributed by atoms with E-state index in [1.165, 1.54) is 31.5 Å². The number of nitrogens with one attached hydrogen (secondary N) is 1. The van der Waals surface area contributed by atoms with Gasteiger partial charge >= 0.3 is 0 Å². The van der Waals surface area contributed by atoms with E-state index in [0.717, 1.165) is 38.7 Å². The van der Waals surface area contributed by atoms with Crippen LogP contribution in [-0.4, -0.2) is 38.8 Å². The van der Waals surface area contributed by atoms with E-state index in [-0.39, 0.29) is 16.7 Å². The second-order valence-corrected chi connectivity index (χ2v) is 10.3. The van der Waals surface area contributed by atoms with Crippen molar-refractivity contribution in [2.75, 3.05) is 20.1 Å². The summed E-state index contributed by atoms with van der Waals surface area (Å²) in [7, 11) is -2.19. The van der Waals surface area contributed by atoms with Crippen LogP contribution in [0.25, 0.3) is 0 Å². The van der Waals surface area contributed by atoms with Crippen LogP contribution in [0, 0.1) is 0 Å². The lowest BCUT2D eigenvalue weighted by Gasteiger charge is -2.16. The fraction of sp³-hybridized carbons (Fsp3) is 0.533. The molecule has 8 heteroatoms. The van der Waals surface area contributed by atoms with Gasteiger partial charge < -0.3 is 5.32 Å². The first-order chi connectivity index (χ1) is 10.9. The molecule has 1 aromatic heterocycles. The quantitative estimate of drug-likeness (QED) is 0.688. The maximum Gasteiger partial charge on any atom is 0.252 e. The van der Waals surface area contributed by atoms with Crippen LogP contribution in [-0.2, 0) is 14.8 Å². The van der Waals surface area contributed by atoms with Gasteiger partial charge in [-0.15, -0.1) is 11.3 Å². The molecule has 0 spiro atoms. The second kappa shape index (κ2) is 8.41. The molecule has 0 aliphatic heterocycles. The Morgan fingerprint density at radius 2 is 2.17 bits per heavy atom. The smallest absolute Gasteiger partial charge is 0.252 e. The van der Waals surface area contributed by atoms with Crippen molar-refractivity contribution >= 4 is 43.2 Å². The normalized spacial score (nSPS) is 15.5. The molecule has 1 N–H and O–H groups in total. The highest BCUT2D eigenvalue weighted by molar-refractivity contribution is 9.11. The van der Waals surface area contributed by atoms with Gasteiger partial charge in [-0.05, 0) is 60.2 Å². The van der Waals surface area contributed by atoms with Gasteiger partial charge in [-0.1, -0.05) is 11.6 Å². The Bertz CT molecular complexity index is 683. The molecule has 128 valence electrons. The van der Waals surface area contributed by atoms with Crippen LogP contribution in [0.4, 0.5) is 0 Å². The molecular weight excluding hydrogens is 400 g/mol. The van der Waals surface area contributed by atoms with Gasteiger partial charge in [0.15, 0.2) is 0 Å². The topological polar surface area (TPSA) is 66.5 Å². The Kier molecular flexibility index (Phi) is 6.82. The third-order valence-corrected chi connectivity index (χ3v) is 7.63. The zero-order chi connectivity index (χ0) is 16.9. The fourth-order valence-electron chi connectivity index (χ4n) is 2.43. The summed E-state index contributed by atoms with van der Waals surface area (Å²) in [6.07, 6.45) is 7.80. The maximum atomic E-state index is 12.3. The highest BCUT2D eigenvalue weighted by Gasteiger charge is 2.24. The summed E-state index contributed by atoms with van der Waals surface area (Å²) in [6.45, 7) is 0.389. The molecule has 0 fully saturated rings. The summed E-state index contributed by atoms with van der Waals surface area (Å²) >= 11 is 4.38. The molecule has 0 unspecified atom stereocenters. The molecule has 1 aliphatic rings. The molecule has 2 rings (SSSR count). The Morgan fingerprint density at radius 1 is 1.39 bits per heavy atom. The van der Waals surface area contributed by atoms with Crippen molar-refractivity contribution in [1.82, 2.24) is 9.62 Å². The van der Waals surface area contributed by atoms with E-state index < -0.39 is 10.0 Å². The first kappa shape index (κ1) is 18.6. The molecule has 0 saturated carbocycles. The third-order valence-electron chi connectivity index (χ3n) is 3.73. The largest absolute Gasteiger partial charge is 0.355 e. The molecule has 0 aromatic carbocycles. The molecule has 1 amide bonds. The molecular formula is C15H21BrN2O3S2. The van der Waals surface area contributed by atoms with Gasteiger partial charge in [0.1, 0.15) is 4.21 Å². The first-order valence-corrected chi connectivity index (χ1v) is 10.6. The Labute approximate surface area is 149 Å². The van der Waals surface area contributed by atoms with Crippen molar-refractivity contribution in [3.05, 3.63) is 27.6 Å². The Hall–Kier alpha value is -0.700. The van der Waals surface area contributed by atoms with Crippen LogP contribution in [0.1, 0.15) is 32.1 Å². The van der Waals surface area contributed by atoms with Crippen molar-refractivity contribution in [1.29, 1.82) is 0 Å². The third kappa shape index (κ3) is 5.41. The number of halogens is 1. The first-order valence-electron chi connectivity index (χ1n) is 7.56. The van der Waals surface area contributed by atoms with Gasteiger partial charge in [0.2, 0.25) is 5.91 Å². The SMILES string of the molecule is CN(CC(=O)NCCC1=CCCCC1)S(=O)(=O)c1ccc(Br)s1. The minimum Gasteiger partial charge on any atom is -0.355 e. The van der Waals surface area contributed by atoms with Crippen LogP contribution in [0.2, 0.25) is 0 Å². The van der Waals surface area contributed by atoms with Crippen molar-refractivity contribution in [3.8, 4) is 0 Å². The average Bonchev–Trinajstić information content (AvgIpc) is 2.95. The van der Waals surface area contributed by atoms with E-state index in [2.05, 4.69) is 27.3 Å². The van der Waals surface area contributed by atoms with Crippen LogP contribution in [0.15, 0.2) is 31.8 Å². The molecule has 0 saturated heterocycles. The predicted octanol–water partition coefficient (Wildman–Crippen LogP) is 3.14. The molecule has 1 aromatic rings. The number of hydrogen-bond donors (Lipinski definition) is 1. The van der Waals surface area contributed by atoms with Gasteiger partial charge in [0, 0.05) is 13.6 Å². The minimum absolute atomic E-state index is 0.170. The van der Waals surface area contributed by atoms with Crippen LogP contribution in [0.5, 0.6) is 0 Å². The van der Waals surface area contributed by atoms with Gasteiger partial charge in [-0.2, -0.15) is 4.31 Å². The number of likely N-dealkylation sites (N-methyl/N-ethyl adjacent to an activating group) is 1. The summed E-state index contributed by atoms with van der Waals surface area (Å²) in [5.74, 6) is -0.275. The summed E-state index contributed by atoms with van der Waals surface area (Å²) in [4.78, 5) is 11.9. The van der Waals surface area contributed by atoms with Crippen molar-refractivity contribution in [2.45, 2.75) is 36.3 Å². The Balaban J connectivity index is 1.81. The zero-order valence-electron chi connectivity index (χ0n) is 13.0. The summed E-state index contributed by atoms with van der Waals surface area (Å²) in [5.41, 5.74) is 1.39. The zero-order valence-corrected chi connectivity index (χ0v) is 16.3. The lowest BCUT2D eigenvalue weighted by atomic mass is 9.97. The summed E-state index contributed by atoms with van der Waals surface area (Å²) in [5, 5.41) is 2.80. The molecule has 5 nitrogen and oxygen atoms in total. The van der Waals surface area contributed by atoms with Crippen LogP contribution < -0.4 is 5.32 Å². The Morgan fingerprint density at radius 3 is 2.78 bits per heavy atom. The number of amides is 1. The number of carbonyl (C=O) groups is 1. The molecule has 0 bridgehead atoms. The van der Waals surface area contributed by atoms with E-state index >= 15 is 0 Å². The minimum atomic E-state index is -3.61. The average molecular weight is 421 g/mol. The van der Waals surface area contributed by atoms with Gasteiger partial charge in [-0.25, -0.2) is 8.42 Å². The monoisotopic (exact) mass is 420 g/mol. The number of carbonyl (C=O) groups excluding carboxylic acids is 1. The van der Waals surface area contributed by atoms with Gasteiger partial charge in [-0.3, -0.25) is 4.79 Å². The summed E-state index contributed by atoms with van der Waals surface area (Å²) in [6, 6.07) is 3.22. The molecule has 1 heterocycles. The van der Waals surface area contributed by atoms with Gasteiger partial charge in [0.25, 0.3) is 10.0 Å². The lowest BCUT2D eigenvalue weighted by Crippen LogP contribution is -2.38. The van der Waals surface area contributed by atoms with E-state index in [9.17, 15) is 13.2 Å². The predicted molar refractivity (Wildman–Crippen MR) is 96.0 cm³/mol. The second-order valence-electron chi connectivity index (χ2n) is 5.53. The lowest BCUT2D eigenvalue weighted by molar-refractivity contribution is -0.121. The van der Waals surface area contributed by atoms with Crippen LogP contribution >= 0.6 is 27.3 Å². The highest BCUT2D eigenvalue weighted by atomic mass is 79.9. The van der Waals surface area contributed by atoms with E-state index in [0.29, 0.717) is 6.54 Å². The number of thiophene rings is 1. The molecule has 23 heavy (non-hydrogen) atoms. The van der Waals surface area contributed by atoms with E-state index in [1.807, 2.05) is 0 Å². The highest BCUT2D eigenvalue weighted by Crippen LogP contribution is 2.27. The van der Waals surface area contributed by atoms with Crippen molar-refractivity contribution in [3.63, 3.8) is 0 Å². The number of rotatable bonds is 7. The van der Waals surface area contributed by atoms with Crippen LogP contribution in [0.3, 0.4) is 0 Å². The number of nitrogens with zero attached hydrogens (tertiary/aromatic N) is 1. The van der Waals surface area contributed by atoms with Crippen molar-refractivity contribution in [2.24, 2.45) is 0 Å². The number of sulfonamides is 1. The standard InChI is InChI=1S/C15H21BrN2O3S2/c1-18(23(20,21)15-8-7-13(16)22-15)11-14(19)17-10-9-12-5-3-2-4-6-12/h5,7-8H,2-4,6,9-11H2,1H3,(H,17,19). The van der Waals surface area contributed by atoms with Crippen molar-refractivity contribution < 1.29 is 13.2 Å². The van der Waals surface area contributed by atoms with E-state index in [1.54, 1.807) is 6.07 Å². The number of hydrogen-bond acceptors (Lipinski definition) is 4. The fourth-order valence-corrected chi connectivity index (χ4v) is 5.78. The van der Waals surface area contributed by atoms with Gasteiger partial charge in [0.05, 0.1) is 10.3 Å². The number of allylic oxidation sites excluding steroid dienone is 1.